The van der Waals surface area contributed by atoms with Gasteiger partial charge in [0.2, 0.25) is 5.91 Å². The van der Waals surface area contributed by atoms with Gasteiger partial charge in [0.1, 0.15) is 12.0 Å². The highest BCUT2D eigenvalue weighted by atomic mass is 16.5. The van der Waals surface area contributed by atoms with E-state index in [0.717, 1.165) is 11.3 Å². The first-order valence-electron chi connectivity index (χ1n) is 5.68. The highest BCUT2D eigenvalue weighted by molar-refractivity contribution is 6.08. The number of anilines is 1. The largest absolute Gasteiger partial charge is 0.464 e. The summed E-state index contributed by atoms with van der Waals surface area (Å²) in [4.78, 5) is 25.2. The van der Waals surface area contributed by atoms with Crippen LogP contribution in [0.3, 0.4) is 0 Å². The molecule has 17 heavy (non-hydrogen) atoms. The molecule has 2 heterocycles. The van der Waals surface area contributed by atoms with E-state index < -0.39 is 5.41 Å². The minimum atomic E-state index is -0.640. The van der Waals surface area contributed by atoms with Gasteiger partial charge in [-0.05, 0) is 18.1 Å². The summed E-state index contributed by atoms with van der Waals surface area (Å²) in [5, 5.41) is 0. The number of nitrogens with zero attached hydrogens (tertiary/aromatic N) is 1. The van der Waals surface area contributed by atoms with E-state index in [1.165, 1.54) is 0 Å². The number of amides is 1. The normalized spacial score (nSPS) is 27.2. The Morgan fingerprint density at radius 2 is 2.06 bits per heavy atom. The lowest BCUT2D eigenvalue weighted by Crippen LogP contribution is -2.45. The molecule has 0 N–H and O–H groups in total. The molecule has 1 fully saturated rings. The second-order valence-electron chi connectivity index (χ2n) is 4.62. The Labute approximate surface area is 99.2 Å². The van der Waals surface area contributed by atoms with Crippen LogP contribution in [0.2, 0.25) is 0 Å². The fraction of sp³-hybridized carbons (Fsp3) is 0.385. The summed E-state index contributed by atoms with van der Waals surface area (Å²) in [6.45, 7) is 0.173. The molecule has 1 atom stereocenters. The maximum atomic E-state index is 12.4. The van der Waals surface area contributed by atoms with Crippen molar-refractivity contribution in [3.8, 4) is 0 Å². The van der Waals surface area contributed by atoms with E-state index in [9.17, 15) is 9.59 Å². The average molecular weight is 231 g/mol. The van der Waals surface area contributed by atoms with Gasteiger partial charge in [0.05, 0.1) is 0 Å². The summed E-state index contributed by atoms with van der Waals surface area (Å²) in [5.41, 5.74) is 1.27. The van der Waals surface area contributed by atoms with Crippen molar-refractivity contribution in [3.05, 3.63) is 29.8 Å². The van der Waals surface area contributed by atoms with Gasteiger partial charge in [0, 0.05) is 19.2 Å². The van der Waals surface area contributed by atoms with Crippen molar-refractivity contribution in [1.29, 1.82) is 0 Å². The van der Waals surface area contributed by atoms with E-state index in [0.29, 0.717) is 12.8 Å². The highest BCUT2D eigenvalue weighted by Gasteiger charge is 2.52. The predicted molar refractivity (Wildman–Crippen MR) is 61.7 cm³/mol. The molecule has 0 aliphatic carbocycles. The second-order valence-corrected chi connectivity index (χ2v) is 4.62. The lowest BCUT2D eigenvalue weighted by atomic mass is 9.77. The van der Waals surface area contributed by atoms with Crippen LogP contribution in [0, 0.1) is 0 Å². The van der Waals surface area contributed by atoms with Crippen molar-refractivity contribution >= 4 is 17.6 Å². The summed E-state index contributed by atoms with van der Waals surface area (Å²) in [7, 11) is 1.77. The lowest BCUT2D eigenvalue weighted by Gasteiger charge is -2.31. The van der Waals surface area contributed by atoms with Crippen LogP contribution in [0.1, 0.15) is 18.4 Å². The fourth-order valence-electron chi connectivity index (χ4n) is 2.76. The van der Waals surface area contributed by atoms with Crippen molar-refractivity contribution in [2.75, 3.05) is 18.6 Å². The Morgan fingerprint density at radius 1 is 1.29 bits per heavy atom. The number of rotatable bonds is 0. The Kier molecular flexibility index (Phi) is 2.02. The summed E-state index contributed by atoms with van der Waals surface area (Å²) in [6.07, 6.45) is 0.861. The van der Waals surface area contributed by atoms with Gasteiger partial charge in [-0.1, -0.05) is 18.2 Å². The van der Waals surface area contributed by atoms with Crippen LogP contribution in [0.4, 0.5) is 5.69 Å². The Balaban J connectivity index is 2.12. The van der Waals surface area contributed by atoms with Gasteiger partial charge < -0.3 is 9.64 Å². The molecular formula is C13H13NO3. The first-order valence-corrected chi connectivity index (χ1v) is 5.68. The van der Waals surface area contributed by atoms with Gasteiger partial charge in [-0.25, -0.2) is 0 Å². The summed E-state index contributed by atoms with van der Waals surface area (Å²) in [6, 6.07) is 7.72. The summed E-state index contributed by atoms with van der Waals surface area (Å²) < 4.78 is 5.10. The number of benzene rings is 1. The first-order chi connectivity index (χ1) is 8.15. The van der Waals surface area contributed by atoms with Crippen molar-refractivity contribution in [3.63, 3.8) is 0 Å². The molecule has 1 saturated heterocycles. The van der Waals surface area contributed by atoms with Gasteiger partial charge in [-0.2, -0.15) is 0 Å². The lowest BCUT2D eigenvalue weighted by molar-refractivity contribution is -0.152. The number of ether oxygens (including phenoxy) is 1. The number of hydrogen-bond acceptors (Lipinski definition) is 3. The van der Waals surface area contributed by atoms with Crippen LogP contribution in [-0.4, -0.2) is 25.5 Å². The van der Waals surface area contributed by atoms with E-state index in [1.807, 2.05) is 24.3 Å². The molecule has 1 aromatic rings. The van der Waals surface area contributed by atoms with E-state index in [-0.39, 0.29) is 18.5 Å². The third-order valence-electron chi connectivity index (χ3n) is 3.73. The molecular weight excluding hydrogens is 218 g/mol. The van der Waals surface area contributed by atoms with Crippen LogP contribution in [0.15, 0.2) is 24.3 Å². The van der Waals surface area contributed by atoms with Crippen LogP contribution in [0.25, 0.3) is 0 Å². The van der Waals surface area contributed by atoms with Gasteiger partial charge in [-0.3, -0.25) is 9.59 Å². The fourth-order valence-corrected chi connectivity index (χ4v) is 2.76. The van der Waals surface area contributed by atoms with Gasteiger partial charge in [0.15, 0.2) is 0 Å². The zero-order valence-electron chi connectivity index (χ0n) is 9.60. The second kappa shape index (κ2) is 3.32. The van der Waals surface area contributed by atoms with E-state index in [1.54, 1.807) is 11.9 Å². The Morgan fingerprint density at radius 3 is 2.76 bits per heavy atom. The van der Waals surface area contributed by atoms with E-state index in [2.05, 4.69) is 0 Å². The number of hydrogen-bond donors (Lipinski definition) is 0. The molecule has 1 aromatic carbocycles. The SMILES string of the molecule is CN1C(=O)C2(CCC(=O)OC2)c2ccccc21. The van der Waals surface area contributed by atoms with Gasteiger partial charge in [0.25, 0.3) is 0 Å². The molecule has 0 radical (unpaired) electrons. The molecule has 0 bridgehead atoms. The molecule has 4 nitrogen and oxygen atoms in total. The van der Waals surface area contributed by atoms with Crippen molar-refractivity contribution in [2.45, 2.75) is 18.3 Å². The topological polar surface area (TPSA) is 46.6 Å². The smallest absolute Gasteiger partial charge is 0.305 e. The third kappa shape index (κ3) is 1.24. The van der Waals surface area contributed by atoms with Crippen molar-refractivity contribution in [1.82, 2.24) is 0 Å². The van der Waals surface area contributed by atoms with Crippen LogP contribution >= 0.6 is 0 Å². The highest BCUT2D eigenvalue weighted by Crippen LogP contribution is 2.45. The molecule has 0 aromatic heterocycles. The molecule has 4 heteroatoms. The standard InChI is InChI=1S/C13H13NO3/c1-14-10-5-3-2-4-9(10)13(12(14)16)7-6-11(15)17-8-13/h2-5H,6-8H2,1H3. The minimum absolute atomic E-state index is 0.0335. The quantitative estimate of drug-likeness (QED) is 0.631. The molecule has 2 aliphatic heterocycles. The van der Waals surface area contributed by atoms with Crippen LogP contribution in [0.5, 0.6) is 0 Å². The molecule has 1 spiro atoms. The van der Waals surface area contributed by atoms with Crippen LogP contribution in [-0.2, 0) is 19.7 Å². The number of cyclic esters (lactones) is 1. The number of fused-ring (bicyclic) bond motifs is 2. The van der Waals surface area contributed by atoms with Crippen molar-refractivity contribution in [2.24, 2.45) is 0 Å². The molecule has 2 aliphatic rings. The summed E-state index contributed by atoms with van der Waals surface area (Å²) in [5.74, 6) is -0.179. The first kappa shape index (κ1) is 10.3. The maximum absolute atomic E-state index is 12.4. The van der Waals surface area contributed by atoms with E-state index >= 15 is 0 Å². The number of esters is 1. The van der Waals surface area contributed by atoms with Gasteiger partial charge in [-0.15, -0.1) is 0 Å². The maximum Gasteiger partial charge on any atom is 0.305 e. The predicted octanol–water partition coefficient (Wildman–Crippen LogP) is 1.24. The average Bonchev–Trinajstić information content (AvgIpc) is 2.57. The number of carbonyl (C=O) groups is 2. The van der Waals surface area contributed by atoms with Crippen LogP contribution < -0.4 is 4.90 Å². The Bertz CT molecular complexity index is 499. The number of para-hydroxylation sites is 1. The van der Waals surface area contributed by atoms with Gasteiger partial charge >= 0.3 is 5.97 Å². The summed E-state index contributed by atoms with van der Waals surface area (Å²) >= 11 is 0. The molecule has 88 valence electrons. The van der Waals surface area contributed by atoms with Crippen molar-refractivity contribution < 1.29 is 14.3 Å². The molecule has 1 unspecified atom stereocenters. The molecule has 0 saturated carbocycles. The number of likely N-dealkylation sites (N-methyl/N-ethyl adjacent to an activating group) is 1. The molecule has 3 rings (SSSR count). The third-order valence-corrected chi connectivity index (χ3v) is 3.73. The van der Waals surface area contributed by atoms with E-state index in [4.69, 9.17) is 4.74 Å². The molecule has 1 amide bonds. The number of carbonyl (C=O) groups excluding carboxylic acids is 2. The zero-order chi connectivity index (χ0) is 12.0. The Hall–Kier alpha value is -1.84. The monoisotopic (exact) mass is 231 g/mol. The minimum Gasteiger partial charge on any atom is -0.464 e. The zero-order valence-corrected chi connectivity index (χ0v) is 9.60.